The molecule has 3 rings (SSSR count). The number of hydrogen-bond acceptors (Lipinski definition) is 7. The summed E-state index contributed by atoms with van der Waals surface area (Å²) in [6, 6.07) is 9.51. The summed E-state index contributed by atoms with van der Waals surface area (Å²) in [5.74, 6) is 0.0445. The molecule has 2 heterocycles. The van der Waals surface area contributed by atoms with Crippen LogP contribution in [0.5, 0.6) is 0 Å². The average molecular weight is 357 g/mol. The van der Waals surface area contributed by atoms with Crippen molar-refractivity contribution in [3.05, 3.63) is 47.2 Å². The van der Waals surface area contributed by atoms with Gasteiger partial charge in [-0.05, 0) is 25.3 Å². The van der Waals surface area contributed by atoms with Crippen LogP contribution in [0.25, 0.3) is 0 Å². The summed E-state index contributed by atoms with van der Waals surface area (Å²) < 4.78 is 10.3. The predicted molar refractivity (Wildman–Crippen MR) is 95.8 cm³/mol. The molecule has 0 amide bonds. The summed E-state index contributed by atoms with van der Waals surface area (Å²) in [4.78, 5) is 29.4. The number of hydrogen-bond donors (Lipinski definition) is 1. The lowest BCUT2D eigenvalue weighted by atomic mass is 10.0. The van der Waals surface area contributed by atoms with Gasteiger partial charge in [-0.25, -0.2) is 9.79 Å². The highest BCUT2D eigenvalue weighted by atomic mass is 16.5. The minimum absolute atomic E-state index is 0.0914. The van der Waals surface area contributed by atoms with E-state index in [0.717, 1.165) is 18.4 Å². The second-order valence-electron chi connectivity index (χ2n) is 6.44. The zero-order valence-corrected chi connectivity index (χ0v) is 14.8. The molecule has 1 aromatic carbocycles. The maximum absolute atomic E-state index is 12.7. The zero-order chi connectivity index (χ0) is 18.5. The number of aliphatic imine (C=N–C) groups is 1. The number of nitrogens with zero attached hydrogens (tertiary/aromatic N) is 2. The molecule has 7 heteroatoms. The molecular formula is C19H23N3O4. The van der Waals surface area contributed by atoms with Crippen LogP contribution in [0.3, 0.4) is 0 Å². The smallest absolute Gasteiger partial charge is 0.338 e. The Morgan fingerprint density at radius 3 is 2.85 bits per heavy atom. The van der Waals surface area contributed by atoms with Crippen molar-refractivity contribution in [3.63, 3.8) is 0 Å². The van der Waals surface area contributed by atoms with Crippen LogP contribution >= 0.6 is 0 Å². The van der Waals surface area contributed by atoms with Gasteiger partial charge in [0.1, 0.15) is 6.61 Å². The van der Waals surface area contributed by atoms with E-state index in [1.165, 1.54) is 0 Å². The van der Waals surface area contributed by atoms with Crippen LogP contribution in [-0.4, -0.2) is 42.0 Å². The molecule has 0 spiro atoms. The van der Waals surface area contributed by atoms with Crippen LogP contribution in [-0.2, 0) is 25.7 Å². The number of nitrogens with two attached hydrogens (primary N) is 1. The molecule has 0 aromatic heterocycles. The van der Waals surface area contributed by atoms with Gasteiger partial charge in [-0.3, -0.25) is 4.79 Å². The Labute approximate surface area is 152 Å². The lowest BCUT2D eigenvalue weighted by Gasteiger charge is -2.35. The third-order valence-corrected chi connectivity index (χ3v) is 4.84. The summed E-state index contributed by atoms with van der Waals surface area (Å²) in [7, 11) is 0. The van der Waals surface area contributed by atoms with Crippen molar-refractivity contribution < 1.29 is 19.1 Å². The van der Waals surface area contributed by atoms with Gasteiger partial charge in [0.15, 0.2) is 5.96 Å². The van der Waals surface area contributed by atoms with Gasteiger partial charge in [-0.2, -0.15) is 0 Å². The van der Waals surface area contributed by atoms with E-state index < -0.39 is 0 Å². The Kier molecular flexibility index (Phi) is 5.55. The number of fused-ring (bicyclic) bond motifs is 1. The molecule has 2 aliphatic rings. The summed E-state index contributed by atoms with van der Waals surface area (Å²) >= 11 is 0. The fourth-order valence-electron chi connectivity index (χ4n) is 3.66. The van der Waals surface area contributed by atoms with Crippen LogP contribution in [0.2, 0.25) is 0 Å². The SMILES string of the molecule is CC1=C(C(=O)OCc2ccccc2)[C@@H]2CC[C@@H](CCOC=O)N2C(N)=N1. The van der Waals surface area contributed by atoms with Crippen molar-refractivity contribution in [2.24, 2.45) is 10.7 Å². The highest BCUT2D eigenvalue weighted by Gasteiger charge is 2.42. The van der Waals surface area contributed by atoms with E-state index in [9.17, 15) is 9.59 Å². The molecule has 0 aliphatic carbocycles. The molecule has 0 unspecified atom stereocenters. The van der Waals surface area contributed by atoms with Gasteiger partial charge in [-0.1, -0.05) is 30.3 Å². The molecular weight excluding hydrogens is 334 g/mol. The summed E-state index contributed by atoms with van der Waals surface area (Å²) in [6.07, 6.45) is 2.29. The Bertz CT molecular complexity index is 730. The molecule has 0 bridgehead atoms. The molecule has 1 saturated heterocycles. The number of carbonyl (C=O) groups is 2. The standard InChI is InChI=1S/C19H23N3O4/c1-13-17(18(24)26-11-14-5-3-2-4-6-14)16-8-7-15(9-10-25-12-23)22(16)19(20)21-13/h2-6,12,15-16H,7-11H2,1H3,(H2,20,21)/t15-,16-/m0/s1. The molecule has 0 radical (unpaired) electrons. The fraction of sp³-hybridized carbons (Fsp3) is 0.421. The van der Waals surface area contributed by atoms with Gasteiger partial charge in [0, 0.05) is 12.5 Å². The van der Waals surface area contributed by atoms with E-state index in [-0.39, 0.29) is 24.7 Å². The van der Waals surface area contributed by atoms with E-state index in [0.29, 0.717) is 36.7 Å². The van der Waals surface area contributed by atoms with Gasteiger partial charge in [0.05, 0.1) is 23.9 Å². The summed E-state index contributed by atoms with van der Waals surface area (Å²) in [5.41, 5.74) is 8.21. The van der Waals surface area contributed by atoms with Crippen LogP contribution in [0.1, 0.15) is 31.7 Å². The van der Waals surface area contributed by atoms with Crippen LogP contribution in [0, 0.1) is 0 Å². The Hall–Kier alpha value is -2.83. The van der Waals surface area contributed by atoms with E-state index >= 15 is 0 Å². The summed E-state index contributed by atoms with van der Waals surface area (Å²) in [5, 5.41) is 0. The molecule has 26 heavy (non-hydrogen) atoms. The van der Waals surface area contributed by atoms with Crippen LogP contribution in [0.4, 0.5) is 0 Å². The molecule has 1 fully saturated rings. The highest BCUT2D eigenvalue weighted by molar-refractivity contribution is 5.95. The maximum atomic E-state index is 12.7. The first kappa shape index (κ1) is 18.0. The second-order valence-corrected chi connectivity index (χ2v) is 6.44. The van der Waals surface area contributed by atoms with Crippen molar-refractivity contribution in [1.82, 2.24) is 4.90 Å². The van der Waals surface area contributed by atoms with Gasteiger partial charge in [0.2, 0.25) is 0 Å². The number of benzene rings is 1. The normalized spacial score (nSPS) is 21.9. The van der Waals surface area contributed by atoms with E-state index in [2.05, 4.69) is 4.99 Å². The van der Waals surface area contributed by atoms with Gasteiger partial charge >= 0.3 is 5.97 Å². The lowest BCUT2D eigenvalue weighted by Crippen LogP contribution is -2.49. The third-order valence-electron chi connectivity index (χ3n) is 4.84. The van der Waals surface area contributed by atoms with Crippen molar-refractivity contribution in [1.29, 1.82) is 0 Å². The number of esters is 1. The van der Waals surface area contributed by atoms with Crippen LogP contribution in [0.15, 0.2) is 46.6 Å². The fourth-order valence-corrected chi connectivity index (χ4v) is 3.66. The number of rotatable bonds is 7. The molecule has 0 saturated carbocycles. The van der Waals surface area contributed by atoms with Crippen LogP contribution < -0.4 is 5.73 Å². The third kappa shape index (κ3) is 3.71. The van der Waals surface area contributed by atoms with E-state index in [1.54, 1.807) is 6.92 Å². The van der Waals surface area contributed by atoms with Gasteiger partial charge < -0.3 is 20.1 Å². The quantitative estimate of drug-likeness (QED) is 0.454. The Morgan fingerprint density at radius 2 is 2.12 bits per heavy atom. The van der Waals surface area contributed by atoms with Crippen molar-refractivity contribution in [3.8, 4) is 0 Å². The maximum Gasteiger partial charge on any atom is 0.338 e. The van der Waals surface area contributed by atoms with Gasteiger partial charge in [-0.15, -0.1) is 0 Å². The number of ether oxygens (including phenoxy) is 2. The molecule has 1 aromatic rings. The van der Waals surface area contributed by atoms with E-state index in [1.807, 2.05) is 35.2 Å². The topological polar surface area (TPSA) is 94.2 Å². The predicted octanol–water partition coefficient (Wildman–Crippen LogP) is 1.73. The van der Waals surface area contributed by atoms with Crippen molar-refractivity contribution >= 4 is 18.4 Å². The first-order valence-electron chi connectivity index (χ1n) is 8.71. The molecule has 2 aliphatic heterocycles. The number of carbonyl (C=O) groups excluding carboxylic acids is 2. The zero-order valence-electron chi connectivity index (χ0n) is 14.8. The van der Waals surface area contributed by atoms with Crippen molar-refractivity contribution in [2.45, 2.75) is 44.9 Å². The first-order chi connectivity index (χ1) is 12.6. The lowest BCUT2D eigenvalue weighted by molar-refractivity contribution is -0.141. The monoisotopic (exact) mass is 357 g/mol. The van der Waals surface area contributed by atoms with Gasteiger partial charge in [0.25, 0.3) is 6.47 Å². The van der Waals surface area contributed by atoms with Crippen molar-refractivity contribution in [2.75, 3.05) is 6.61 Å². The highest BCUT2D eigenvalue weighted by Crippen LogP contribution is 2.35. The largest absolute Gasteiger partial charge is 0.468 e. The van der Waals surface area contributed by atoms with E-state index in [4.69, 9.17) is 15.2 Å². The molecule has 7 nitrogen and oxygen atoms in total. The minimum atomic E-state index is -0.359. The molecule has 2 atom stereocenters. The average Bonchev–Trinajstić information content (AvgIpc) is 3.05. The summed E-state index contributed by atoms with van der Waals surface area (Å²) in [6.45, 7) is 2.77. The number of guanidine groups is 1. The number of allylic oxidation sites excluding steroid dienone is 1. The first-order valence-corrected chi connectivity index (χ1v) is 8.71. The molecule has 2 N–H and O–H groups in total. The Balaban J connectivity index is 1.71. The molecule has 138 valence electrons. The Morgan fingerprint density at radius 1 is 1.35 bits per heavy atom. The second kappa shape index (κ2) is 8.03. The minimum Gasteiger partial charge on any atom is -0.468 e.